The Bertz CT molecular complexity index is 465. The van der Waals surface area contributed by atoms with Crippen molar-refractivity contribution in [1.29, 1.82) is 0 Å². The van der Waals surface area contributed by atoms with Crippen molar-refractivity contribution in [3.05, 3.63) is 23.8 Å². The normalized spacial score (nSPS) is 22.4. The quantitative estimate of drug-likeness (QED) is 0.781. The van der Waals surface area contributed by atoms with E-state index >= 15 is 0 Å². The Balaban J connectivity index is 2.12. The standard InChI is InChI=1S/C15H22N2O2/c1-3-6-15(7-8-16-10-15)14(19)17-12-5-4-11(2)13(18)9-12/h4-5,9,16,18H,3,6-8,10H2,1-2H3,(H,17,19). The summed E-state index contributed by atoms with van der Waals surface area (Å²) in [6.45, 7) is 5.57. The number of nitrogens with one attached hydrogen (secondary N) is 2. The average Bonchev–Trinajstić information content (AvgIpc) is 2.84. The first-order valence-corrected chi connectivity index (χ1v) is 6.89. The van der Waals surface area contributed by atoms with Gasteiger partial charge in [0.05, 0.1) is 5.41 Å². The van der Waals surface area contributed by atoms with Crippen molar-refractivity contribution in [2.24, 2.45) is 5.41 Å². The molecule has 1 heterocycles. The molecule has 0 saturated carbocycles. The Morgan fingerprint density at radius 3 is 2.89 bits per heavy atom. The van der Waals surface area contributed by atoms with Crippen LogP contribution in [0.15, 0.2) is 18.2 Å². The van der Waals surface area contributed by atoms with Crippen LogP contribution in [0.25, 0.3) is 0 Å². The summed E-state index contributed by atoms with van der Waals surface area (Å²) in [5.41, 5.74) is 1.18. The number of phenols is 1. The third kappa shape index (κ3) is 2.89. The molecule has 2 rings (SSSR count). The van der Waals surface area contributed by atoms with Crippen LogP contribution in [-0.2, 0) is 4.79 Å². The number of carbonyl (C=O) groups is 1. The molecule has 1 saturated heterocycles. The molecule has 1 aliphatic heterocycles. The molecule has 4 heteroatoms. The predicted molar refractivity (Wildman–Crippen MR) is 76.3 cm³/mol. The fourth-order valence-corrected chi connectivity index (χ4v) is 2.69. The summed E-state index contributed by atoms with van der Waals surface area (Å²) in [4.78, 5) is 12.5. The molecule has 0 bridgehead atoms. The highest BCUT2D eigenvalue weighted by Crippen LogP contribution is 2.33. The number of carbonyl (C=O) groups excluding carboxylic acids is 1. The SMILES string of the molecule is CCCC1(C(=O)Nc2ccc(C)c(O)c2)CCNC1. The highest BCUT2D eigenvalue weighted by molar-refractivity contribution is 5.96. The van der Waals surface area contributed by atoms with Crippen LogP contribution in [-0.4, -0.2) is 24.1 Å². The zero-order chi connectivity index (χ0) is 13.9. The molecule has 1 aromatic rings. The Hall–Kier alpha value is -1.55. The minimum Gasteiger partial charge on any atom is -0.508 e. The smallest absolute Gasteiger partial charge is 0.231 e. The lowest BCUT2D eigenvalue weighted by Crippen LogP contribution is -2.38. The molecule has 1 fully saturated rings. The molecule has 0 spiro atoms. The van der Waals surface area contributed by atoms with E-state index < -0.39 is 0 Å². The van der Waals surface area contributed by atoms with Crippen LogP contribution in [0.5, 0.6) is 5.75 Å². The van der Waals surface area contributed by atoms with E-state index in [0.717, 1.165) is 37.9 Å². The lowest BCUT2D eigenvalue weighted by Gasteiger charge is -2.26. The summed E-state index contributed by atoms with van der Waals surface area (Å²) in [6, 6.07) is 5.24. The maximum absolute atomic E-state index is 12.5. The van der Waals surface area contributed by atoms with Gasteiger partial charge in [0.25, 0.3) is 0 Å². The summed E-state index contributed by atoms with van der Waals surface area (Å²) in [7, 11) is 0. The highest BCUT2D eigenvalue weighted by atomic mass is 16.3. The molecule has 1 amide bonds. The van der Waals surface area contributed by atoms with Gasteiger partial charge in [-0.1, -0.05) is 19.4 Å². The van der Waals surface area contributed by atoms with Crippen molar-refractivity contribution >= 4 is 11.6 Å². The largest absolute Gasteiger partial charge is 0.508 e. The van der Waals surface area contributed by atoms with Gasteiger partial charge in [0.1, 0.15) is 5.75 Å². The van der Waals surface area contributed by atoms with Crippen LogP contribution in [0.4, 0.5) is 5.69 Å². The molecule has 0 aliphatic carbocycles. The fraction of sp³-hybridized carbons (Fsp3) is 0.533. The van der Waals surface area contributed by atoms with Gasteiger partial charge in [-0.2, -0.15) is 0 Å². The van der Waals surface area contributed by atoms with Gasteiger partial charge in [-0.3, -0.25) is 4.79 Å². The Morgan fingerprint density at radius 2 is 2.32 bits per heavy atom. The van der Waals surface area contributed by atoms with Crippen molar-refractivity contribution in [2.45, 2.75) is 33.1 Å². The average molecular weight is 262 g/mol. The molecule has 1 atom stereocenters. The minimum absolute atomic E-state index is 0.0580. The molecule has 3 N–H and O–H groups in total. The summed E-state index contributed by atoms with van der Waals surface area (Å²) in [6.07, 6.45) is 2.77. The number of phenolic OH excluding ortho intramolecular Hbond substituents is 1. The van der Waals surface area contributed by atoms with Crippen molar-refractivity contribution < 1.29 is 9.90 Å². The number of hydrogen-bond donors (Lipinski definition) is 3. The van der Waals surface area contributed by atoms with Crippen molar-refractivity contribution in [2.75, 3.05) is 18.4 Å². The van der Waals surface area contributed by atoms with Gasteiger partial charge in [0.2, 0.25) is 5.91 Å². The number of aryl methyl sites for hydroxylation is 1. The number of rotatable bonds is 4. The third-order valence-electron chi connectivity index (χ3n) is 3.92. The molecule has 0 radical (unpaired) electrons. The van der Waals surface area contributed by atoms with Gasteiger partial charge in [-0.15, -0.1) is 0 Å². The van der Waals surface area contributed by atoms with Gasteiger partial charge >= 0.3 is 0 Å². The summed E-state index contributed by atoms with van der Waals surface area (Å²) in [5, 5.41) is 15.9. The first kappa shape index (κ1) is 13.9. The maximum atomic E-state index is 12.5. The number of benzene rings is 1. The van der Waals surface area contributed by atoms with E-state index in [9.17, 15) is 9.90 Å². The maximum Gasteiger partial charge on any atom is 0.231 e. The first-order chi connectivity index (χ1) is 9.07. The summed E-state index contributed by atoms with van der Waals surface area (Å²) in [5.74, 6) is 0.273. The second-order valence-electron chi connectivity index (χ2n) is 5.41. The van der Waals surface area contributed by atoms with E-state index in [1.165, 1.54) is 0 Å². The van der Waals surface area contributed by atoms with Gasteiger partial charge in [0.15, 0.2) is 0 Å². The Morgan fingerprint density at radius 1 is 1.53 bits per heavy atom. The van der Waals surface area contributed by atoms with Crippen LogP contribution in [0.3, 0.4) is 0 Å². The van der Waals surface area contributed by atoms with Crippen molar-refractivity contribution in [3.63, 3.8) is 0 Å². The fourth-order valence-electron chi connectivity index (χ4n) is 2.69. The predicted octanol–water partition coefficient (Wildman–Crippen LogP) is 2.42. The molecular weight excluding hydrogens is 240 g/mol. The van der Waals surface area contributed by atoms with E-state index in [0.29, 0.717) is 5.69 Å². The second kappa shape index (κ2) is 5.61. The molecular formula is C15H22N2O2. The molecule has 1 unspecified atom stereocenters. The zero-order valence-corrected chi connectivity index (χ0v) is 11.6. The highest BCUT2D eigenvalue weighted by Gasteiger charge is 2.40. The number of aromatic hydroxyl groups is 1. The summed E-state index contributed by atoms with van der Waals surface area (Å²) >= 11 is 0. The van der Waals surface area contributed by atoms with E-state index in [1.54, 1.807) is 6.07 Å². The molecule has 1 aromatic carbocycles. The first-order valence-electron chi connectivity index (χ1n) is 6.89. The van der Waals surface area contributed by atoms with Gasteiger partial charge < -0.3 is 15.7 Å². The van der Waals surface area contributed by atoms with Crippen molar-refractivity contribution in [3.8, 4) is 5.75 Å². The van der Waals surface area contributed by atoms with Crippen LogP contribution < -0.4 is 10.6 Å². The molecule has 19 heavy (non-hydrogen) atoms. The Kier molecular flexibility index (Phi) is 4.10. The monoisotopic (exact) mass is 262 g/mol. The lowest BCUT2D eigenvalue weighted by atomic mass is 9.81. The van der Waals surface area contributed by atoms with E-state index in [1.807, 2.05) is 19.1 Å². The Labute approximate surface area is 114 Å². The van der Waals surface area contributed by atoms with Gasteiger partial charge in [0, 0.05) is 18.3 Å². The van der Waals surface area contributed by atoms with Crippen LogP contribution in [0, 0.1) is 12.3 Å². The molecule has 0 aromatic heterocycles. The van der Waals surface area contributed by atoms with Crippen molar-refractivity contribution in [1.82, 2.24) is 5.32 Å². The number of anilines is 1. The van der Waals surface area contributed by atoms with E-state index in [2.05, 4.69) is 17.6 Å². The minimum atomic E-state index is -0.296. The lowest BCUT2D eigenvalue weighted by molar-refractivity contribution is -0.125. The summed E-state index contributed by atoms with van der Waals surface area (Å²) < 4.78 is 0. The van der Waals surface area contributed by atoms with Gasteiger partial charge in [-0.25, -0.2) is 0 Å². The molecule has 1 aliphatic rings. The van der Waals surface area contributed by atoms with Crippen LogP contribution >= 0.6 is 0 Å². The molecule has 104 valence electrons. The van der Waals surface area contributed by atoms with Gasteiger partial charge in [-0.05, 0) is 37.9 Å². The van der Waals surface area contributed by atoms with Crippen LogP contribution in [0.1, 0.15) is 31.7 Å². The third-order valence-corrected chi connectivity index (χ3v) is 3.92. The molecule has 4 nitrogen and oxygen atoms in total. The van der Waals surface area contributed by atoms with E-state index in [4.69, 9.17) is 0 Å². The number of hydrogen-bond acceptors (Lipinski definition) is 3. The zero-order valence-electron chi connectivity index (χ0n) is 11.6. The topological polar surface area (TPSA) is 61.4 Å². The second-order valence-corrected chi connectivity index (χ2v) is 5.41. The number of amides is 1. The van der Waals surface area contributed by atoms with Crippen LogP contribution in [0.2, 0.25) is 0 Å². The van der Waals surface area contributed by atoms with E-state index in [-0.39, 0.29) is 17.1 Å².